The summed E-state index contributed by atoms with van der Waals surface area (Å²) in [4.78, 5) is 31.6. The number of aromatic amines is 2. The van der Waals surface area contributed by atoms with Crippen molar-refractivity contribution < 1.29 is 4.79 Å². The lowest BCUT2D eigenvalue weighted by Gasteiger charge is -2.23. The van der Waals surface area contributed by atoms with Crippen LogP contribution >= 0.6 is 0 Å². The molecular weight excluding hydrogens is 398 g/mol. The van der Waals surface area contributed by atoms with Crippen LogP contribution in [-0.2, 0) is 6.42 Å². The van der Waals surface area contributed by atoms with Gasteiger partial charge >= 0.3 is 0 Å². The van der Waals surface area contributed by atoms with Crippen molar-refractivity contribution >= 4 is 22.6 Å². The number of amides is 1. The molecule has 0 fully saturated rings. The Morgan fingerprint density at radius 1 is 0.875 bits per heavy atom. The number of nitrogens with one attached hydrogen (secondary N) is 2. The fraction of sp³-hybridized carbons (Fsp3) is 0.115. The molecule has 0 bridgehead atoms. The summed E-state index contributed by atoms with van der Waals surface area (Å²) in [5.41, 5.74) is 7.53. The first-order valence-electron chi connectivity index (χ1n) is 10.7. The number of hydrogen-bond acceptors (Lipinski definition) is 3. The zero-order valence-corrected chi connectivity index (χ0v) is 17.5. The van der Waals surface area contributed by atoms with Crippen LogP contribution in [0.25, 0.3) is 33.8 Å². The van der Waals surface area contributed by atoms with E-state index in [0.29, 0.717) is 11.1 Å². The number of anilines is 1. The zero-order chi connectivity index (χ0) is 21.7. The van der Waals surface area contributed by atoms with Gasteiger partial charge in [-0.25, -0.2) is 9.97 Å². The molecular formula is C26H21N5O. The van der Waals surface area contributed by atoms with Crippen LogP contribution in [0.3, 0.4) is 0 Å². The predicted octanol–water partition coefficient (Wildman–Crippen LogP) is 5.21. The second kappa shape index (κ2) is 7.20. The molecule has 1 amide bonds. The normalized spacial score (nSPS) is 15.3. The summed E-state index contributed by atoms with van der Waals surface area (Å²) in [6.07, 6.45) is 4.61. The van der Waals surface area contributed by atoms with Crippen molar-refractivity contribution in [2.45, 2.75) is 19.4 Å². The van der Waals surface area contributed by atoms with Gasteiger partial charge in [0, 0.05) is 29.7 Å². The zero-order valence-electron chi connectivity index (χ0n) is 17.5. The summed E-state index contributed by atoms with van der Waals surface area (Å²) in [5.74, 6) is -0.0129. The van der Waals surface area contributed by atoms with Crippen LogP contribution in [-0.4, -0.2) is 31.9 Å². The van der Waals surface area contributed by atoms with Crippen molar-refractivity contribution in [3.8, 4) is 22.8 Å². The maximum absolute atomic E-state index is 13.5. The summed E-state index contributed by atoms with van der Waals surface area (Å²) < 4.78 is 0. The van der Waals surface area contributed by atoms with Gasteiger partial charge in [0.25, 0.3) is 5.91 Å². The summed E-state index contributed by atoms with van der Waals surface area (Å²) in [5, 5.41) is 0. The van der Waals surface area contributed by atoms with Gasteiger partial charge in [0.2, 0.25) is 0 Å². The van der Waals surface area contributed by atoms with Crippen LogP contribution in [0, 0.1) is 0 Å². The van der Waals surface area contributed by atoms with Crippen LogP contribution in [0.1, 0.15) is 22.8 Å². The largest absolute Gasteiger partial charge is 0.360 e. The van der Waals surface area contributed by atoms with Crippen molar-refractivity contribution in [3.63, 3.8) is 0 Å². The van der Waals surface area contributed by atoms with E-state index in [9.17, 15) is 4.79 Å². The smallest absolute Gasteiger partial charge is 0.258 e. The Balaban J connectivity index is 1.47. The van der Waals surface area contributed by atoms with E-state index < -0.39 is 0 Å². The van der Waals surface area contributed by atoms with E-state index in [0.717, 1.165) is 40.4 Å². The number of nitrogens with zero attached hydrogens (tertiary/aromatic N) is 3. The van der Waals surface area contributed by atoms with Crippen molar-refractivity contribution in [1.82, 2.24) is 19.9 Å². The molecule has 0 saturated heterocycles. The van der Waals surface area contributed by atoms with E-state index in [2.05, 4.69) is 23.0 Å². The second-order valence-electron chi connectivity index (χ2n) is 8.15. The fourth-order valence-corrected chi connectivity index (χ4v) is 4.53. The fourth-order valence-electron chi connectivity index (χ4n) is 4.53. The van der Waals surface area contributed by atoms with Gasteiger partial charge in [0.1, 0.15) is 11.4 Å². The van der Waals surface area contributed by atoms with Crippen LogP contribution < -0.4 is 4.90 Å². The highest BCUT2D eigenvalue weighted by molar-refractivity contribution is 6.09. The highest BCUT2D eigenvalue weighted by Gasteiger charge is 2.31. The quantitative estimate of drug-likeness (QED) is 0.421. The van der Waals surface area contributed by atoms with Crippen molar-refractivity contribution in [1.29, 1.82) is 0 Å². The minimum atomic E-state index is -0.0129. The second-order valence-corrected chi connectivity index (χ2v) is 8.15. The van der Waals surface area contributed by atoms with Crippen LogP contribution in [0.5, 0.6) is 0 Å². The Labute approximate surface area is 185 Å². The number of carbonyl (C=O) groups excluding carboxylic acids is 1. The highest BCUT2D eigenvalue weighted by Crippen LogP contribution is 2.34. The summed E-state index contributed by atoms with van der Waals surface area (Å²) in [7, 11) is 0. The van der Waals surface area contributed by atoms with Gasteiger partial charge in [-0.05, 0) is 67.4 Å². The molecule has 0 saturated carbocycles. The third-order valence-corrected chi connectivity index (χ3v) is 6.04. The van der Waals surface area contributed by atoms with Crippen molar-refractivity contribution in [2.75, 3.05) is 4.90 Å². The average molecular weight is 419 g/mol. The van der Waals surface area contributed by atoms with E-state index in [4.69, 9.17) is 9.97 Å². The molecule has 6 heteroatoms. The monoisotopic (exact) mass is 419 g/mol. The van der Waals surface area contributed by atoms with Gasteiger partial charge in [-0.2, -0.15) is 0 Å². The molecule has 6 rings (SSSR count). The Kier molecular flexibility index (Phi) is 4.18. The Morgan fingerprint density at radius 3 is 2.25 bits per heavy atom. The lowest BCUT2D eigenvalue weighted by atomic mass is 10.1. The number of aromatic nitrogens is 4. The third-order valence-electron chi connectivity index (χ3n) is 6.04. The van der Waals surface area contributed by atoms with E-state index in [1.54, 1.807) is 0 Å². The number of para-hydroxylation sites is 1. The molecule has 32 heavy (non-hydrogen) atoms. The Bertz CT molecular complexity index is 1440. The molecule has 0 aliphatic carbocycles. The first-order valence-corrected chi connectivity index (χ1v) is 10.7. The standard InChI is InChI=1S/C26H21N5O/c1-16-14-17-6-2-3-9-23(17)31(16)26(32)18-10-11-19-22(15-18)30-25(21-8-5-13-28-21)24(29-19)20-7-4-12-27-20/h2-13,15-16,27-28H,14H2,1H3/t16-/m0/s1. The number of fused-ring (bicyclic) bond motifs is 2. The molecule has 6 nitrogen and oxygen atoms in total. The molecule has 1 aliphatic rings. The molecule has 5 aromatic rings. The predicted molar refractivity (Wildman–Crippen MR) is 126 cm³/mol. The molecule has 3 aromatic heterocycles. The Hall–Kier alpha value is -4.19. The SMILES string of the molecule is C[C@H]1Cc2ccccc2N1C(=O)c1ccc2nc(-c3ccc[nH]3)c(-c3ccc[nH]3)nc2c1. The minimum Gasteiger partial charge on any atom is -0.360 e. The van der Waals surface area contributed by atoms with Gasteiger partial charge in [-0.15, -0.1) is 0 Å². The number of rotatable bonds is 3. The molecule has 2 aromatic carbocycles. The van der Waals surface area contributed by atoms with Gasteiger partial charge in [-0.1, -0.05) is 18.2 Å². The van der Waals surface area contributed by atoms with Gasteiger partial charge < -0.3 is 14.9 Å². The molecule has 0 spiro atoms. The molecule has 1 aliphatic heterocycles. The van der Waals surface area contributed by atoms with Gasteiger partial charge in [-0.3, -0.25) is 4.79 Å². The number of benzene rings is 2. The van der Waals surface area contributed by atoms with E-state index in [-0.39, 0.29) is 11.9 Å². The maximum atomic E-state index is 13.5. The lowest BCUT2D eigenvalue weighted by Crippen LogP contribution is -2.35. The summed E-state index contributed by atoms with van der Waals surface area (Å²) in [6, 6.07) is 21.6. The summed E-state index contributed by atoms with van der Waals surface area (Å²) in [6.45, 7) is 2.09. The van der Waals surface area contributed by atoms with Crippen LogP contribution in [0.4, 0.5) is 5.69 Å². The van der Waals surface area contributed by atoms with Gasteiger partial charge in [0.05, 0.1) is 22.4 Å². The van der Waals surface area contributed by atoms with Crippen LogP contribution in [0.2, 0.25) is 0 Å². The molecule has 0 radical (unpaired) electrons. The van der Waals surface area contributed by atoms with Crippen molar-refractivity contribution in [2.24, 2.45) is 0 Å². The van der Waals surface area contributed by atoms with Crippen molar-refractivity contribution in [3.05, 3.63) is 90.3 Å². The topological polar surface area (TPSA) is 77.7 Å². The van der Waals surface area contributed by atoms with E-state index >= 15 is 0 Å². The molecule has 156 valence electrons. The minimum absolute atomic E-state index is 0.0129. The lowest BCUT2D eigenvalue weighted by molar-refractivity contribution is 0.0981. The number of carbonyl (C=O) groups is 1. The molecule has 0 unspecified atom stereocenters. The third kappa shape index (κ3) is 2.92. The average Bonchev–Trinajstić information content (AvgIpc) is 3.58. The Morgan fingerprint density at radius 2 is 1.56 bits per heavy atom. The summed E-state index contributed by atoms with van der Waals surface area (Å²) >= 11 is 0. The first-order chi connectivity index (χ1) is 15.7. The molecule has 2 N–H and O–H groups in total. The van der Waals surface area contributed by atoms with Crippen LogP contribution in [0.15, 0.2) is 79.1 Å². The molecule has 4 heterocycles. The highest BCUT2D eigenvalue weighted by atomic mass is 16.2. The maximum Gasteiger partial charge on any atom is 0.258 e. The number of H-pyrrole nitrogens is 2. The van der Waals surface area contributed by atoms with E-state index in [1.807, 2.05) is 78.0 Å². The van der Waals surface area contributed by atoms with E-state index in [1.165, 1.54) is 5.56 Å². The van der Waals surface area contributed by atoms with Gasteiger partial charge in [0.15, 0.2) is 0 Å². The number of hydrogen-bond donors (Lipinski definition) is 2. The molecule has 1 atom stereocenters. The first kappa shape index (κ1) is 18.6.